The van der Waals surface area contributed by atoms with Crippen molar-refractivity contribution in [3.63, 3.8) is 0 Å². The van der Waals surface area contributed by atoms with E-state index in [-0.39, 0.29) is 5.91 Å². The molecule has 4 nitrogen and oxygen atoms in total. The molecule has 0 unspecified atom stereocenters. The van der Waals surface area contributed by atoms with Gasteiger partial charge in [-0.1, -0.05) is 18.2 Å². The second-order valence-corrected chi connectivity index (χ2v) is 5.55. The van der Waals surface area contributed by atoms with Gasteiger partial charge in [-0.25, -0.2) is 0 Å². The van der Waals surface area contributed by atoms with Gasteiger partial charge in [-0.3, -0.25) is 9.78 Å². The lowest BCUT2D eigenvalue weighted by Gasteiger charge is -2.25. The summed E-state index contributed by atoms with van der Waals surface area (Å²) in [6.45, 7) is 1.72. The topological polar surface area (TPSA) is 42.4 Å². The summed E-state index contributed by atoms with van der Waals surface area (Å²) >= 11 is 0. The van der Waals surface area contributed by atoms with Crippen molar-refractivity contribution in [1.29, 1.82) is 0 Å². The molecule has 1 amide bonds. The first-order chi connectivity index (χ1) is 11.3. The second-order valence-electron chi connectivity index (χ2n) is 5.55. The molecule has 118 valence electrons. The molecule has 1 aromatic carbocycles. The molecule has 0 saturated carbocycles. The van der Waals surface area contributed by atoms with Crippen LogP contribution >= 0.6 is 0 Å². The largest absolute Gasteiger partial charge is 0.456 e. The van der Waals surface area contributed by atoms with Crippen LogP contribution < -0.4 is 4.74 Å². The number of hydrogen-bond acceptors (Lipinski definition) is 3. The fraction of sp³-hybridized carbons (Fsp3) is 0.263. The van der Waals surface area contributed by atoms with Crippen molar-refractivity contribution in [3.05, 3.63) is 60.4 Å². The molecule has 0 aliphatic carbocycles. The molecule has 0 spiro atoms. The molecule has 1 aromatic heterocycles. The molecule has 2 aromatic rings. The van der Waals surface area contributed by atoms with Gasteiger partial charge in [0.2, 0.25) is 5.91 Å². The van der Waals surface area contributed by atoms with Crippen molar-refractivity contribution in [1.82, 2.24) is 9.88 Å². The van der Waals surface area contributed by atoms with Crippen LogP contribution in [-0.4, -0.2) is 28.9 Å². The van der Waals surface area contributed by atoms with Crippen LogP contribution in [0, 0.1) is 0 Å². The standard InChI is InChI=1S/C19H20N2O2/c22-19(21-13-5-2-6-14-21)12-10-16-9-11-18(15-20-16)23-17-7-3-1-4-8-17/h1,3-4,7-12,15H,2,5-6,13-14H2. The fourth-order valence-corrected chi connectivity index (χ4v) is 2.55. The van der Waals surface area contributed by atoms with E-state index in [9.17, 15) is 4.79 Å². The fourth-order valence-electron chi connectivity index (χ4n) is 2.55. The monoisotopic (exact) mass is 308 g/mol. The number of aromatic nitrogens is 1. The SMILES string of the molecule is O=C(C=Cc1ccc(Oc2ccccc2)cn1)N1CCCCC1. The first-order valence-electron chi connectivity index (χ1n) is 7.97. The summed E-state index contributed by atoms with van der Waals surface area (Å²) in [6.07, 6.45) is 8.44. The van der Waals surface area contributed by atoms with Crippen molar-refractivity contribution in [2.75, 3.05) is 13.1 Å². The van der Waals surface area contributed by atoms with Crippen LogP contribution in [0.15, 0.2) is 54.7 Å². The highest BCUT2D eigenvalue weighted by Gasteiger charge is 2.13. The van der Waals surface area contributed by atoms with Crippen molar-refractivity contribution >= 4 is 12.0 Å². The Labute approximate surface area is 136 Å². The molecule has 1 aliphatic rings. The van der Waals surface area contributed by atoms with E-state index in [1.54, 1.807) is 18.3 Å². The summed E-state index contributed by atoms with van der Waals surface area (Å²) in [7, 11) is 0. The molecule has 0 bridgehead atoms. The van der Waals surface area contributed by atoms with Crippen LogP contribution in [0.1, 0.15) is 25.0 Å². The lowest BCUT2D eigenvalue weighted by molar-refractivity contribution is -0.126. The molecule has 0 radical (unpaired) electrons. The number of pyridine rings is 1. The Morgan fingerprint density at radius 2 is 1.78 bits per heavy atom. The van der Waals surface area contributed by atoms with Crippen LogP contribution in [0.5, 0.6) is 11.5 Å². The smallest absolute Gasteiger partial charge is 0.246 e. The summed E-state index contributed by atoms with van der Waals surface area (Å²) in [6, 6.07) is 13.3. The van der Waals surface area contributed by atoms with Crippen LogP contribution in [-0.2, 0) is 4.79 Å². The Morgan fingerprint density at radius 3 is 2.48 bits per heavy atom. The third-order valence-electron chi connectivity index (χ3n) is 3.80. The number of para-hydroxylation sites is 1. The van der Waals surface area contributed by atoms with E-state index in [0.717, 1.165) is 37.4 Å². The number of benzene rings is 1. The molecule has 1 aliphatic heterocycles. The lowest BCUT2D eigenvalue weighted by atomic mass is 10.1. The number of piperidine rings is 1. The highest BCUT2D eigenvalue weighted by Crippen LogP contribution is 2.20. The maximum atomic E-state index is 12.1. The maximum Gasteiger partial charge on any atom is 0.246 e. The van der Waals surface area contributed by atoms with Gasteiger partial charge in [0.1, 0.15) is 11.5 Å². The van der Waals surface area contributed by atoms with E-state index >= 15 is 0 Å². The number of rotatable bonds is 4. The van der Waals surface area contributed by atoms with Gasteiger partial charge >= 0.3 is 0 Å². The van der Waals surface area contributed by atoms with E-state index < -0.39 is 0 Å². The van der Waals surface area contributed by atoms with Crippen LogP contribution in [0.3, 0.4) is 0 Å². The summed E-state index contributed by atoms with van der Waals surface area (Å²) in [4.78, 5) is 18.3. The van der Waals surface area contributed by atoms with Crippen LogP contribution in [0.4, 0.5) is 0 Å². The molecule has 1 fully saturated rings. The summed E-state index contributed by atoms with van der Waals surface area (Å²) < 4.78 is 5.69. The number of likely N-dealkylation sites (tertiary alicyclic amines) is 1. The Kier molecular flexibility index (Phi) is 5.04. The van der Waals surface area contributed by atoms with Crippen molar-refractivity contribution in [3.8, 4) is 11.5 Å². The summed E-state index contributed by atoms with van der Waals surface area (Å²) in [5.41, 5.74) is 0.746. The predicted octanol–water partition coefficient (Wildman–Crippen LogP) is 3.90. The highest BCUT2D eigenvalue weighted by atomic mass is 16.5. The van der Waals surface area contributed by atoms with Crippen LogP contribution in [0.25, 0.3) is 6.08 Å². The Morgan fingerprint density at radius 1 is 1.00 bits per heavy atom. The predicted molar refractivity (Wildman–Crippen MR) is 90.2 cm³/mol. The third-order valence-corrected chi connectivity index (χ3v) is 3.80. The van der Waals surface area contributed by atoms with Gasteiger partial charge in [-0.15, -0.1) is 0 Å². The molecule has 1 saturated heterocycles. The Balaban J connectivity index is 1.58. The third kappa shape index (κ3) is 4.42. The molecule has 3 rings (SSSR count). The Hall–Kier alpha value is -2.62. The lowest BCUT2D eigenvalue weighted by Crippen LogP contribution is -2.34. The molecule has 23 heavy (non-hydrogen) atoms. The van der Waals surface area contributed by atoms with Crippen molar-refractivity contribution < 1.29 is 9.53 Å². The summed E-state index contributed by atoms with van der Waals surface area (Å²) in [5, 5.41) is 0. The van der Waals surface area contributed by atoms with Crippen molar-refractivity contribution in [2.45, 2.75) is 19.3 Å². The average Bonchev–Trinajstić information content (AvgIpc) is 2.62. The van der Waals surface area contributed by atoms with E-state index in [1.807, 2.05) is 47.4 Å². The molecule has 0 N–H and O–H groups in total. The first-order valence-corrected chi connectivity index (χ1v) is 7.97. The van der Waals surface area contributed by atoms with Crippen LogP contribution in [0.2, 0.25) is 0 Å². The van der Waals surface area contributed by atoms with E-state index in [4.69, 9.17) is 4.74 Å². The number of carbonyl (C=O) groups excluding carboxylic acids is 1. The zero-order valence-corrected chi connectivity index (χ0v) is 13.0. The van der Waals surface area contributed by atoms with E-state index in [1.165, 1.54) is 6.42 Å². The highest BCUT2D eigenvalue weighted by molar-refractivity contribution is 5.91. The number of carbonyl (C=O) groups is 1. The number of nitrogens with zero attached hydrogens (tertiary/aromatic N) is 2. The minimum Gasteiger partial charge on any atom is -0.456 e. The first kappa shape index (κ1) is 15.3. The normalized spacial score (nSPS) is 14.9. The minimum absolute atomic E-state index is 0.0658. The molecule has 0 atom stereocenters. The van der Waals surface area contributed by atoms with Gasteiger partial charge < -0.3 is 9.64 Å². The Bertz CT molecular complexity index is 660. The van der Waals surface area contributed by atoms with Gasteiger partial charge in [0.15, 0.2) is 0 Å². The number of amides is 1. The average molecular weight is 308 g/mol. The summed E-state index contributed by atoms with van der Waals surface area (Å²) in [5.74, 6) is 1.52. The van der Waals surface area contributed by atoms with Gasteiger partial charge in [0, 0.05) is 19.2 Å². The molecule has 2 heterocycles. The van der Waals surface area contributed by atoms with Crippen molar-refractivity contribution in [2.24, 2.45) is 0 Å². The van der Waals surface area contributed by atoms with Gasteiger partial charge in [0.25, 0.3) is 0 Å². The second kappa shape index (κ2) is 7.58. The van der Waals surface area contributed by atoms with E-state index in [2.05, 4.69) is 4.98 Å². The molecular weight excluding hydrogens is 288 g/mol. The zero-order chi connectivity index (χ0) is 15.9. The minimum atomic E-state index is 0.0658. The quantitative estimate of drug-likeness (QED) is 0.805. The molecule has 4 heteroatoms. The van der Waals surface area contributed by atoms with Gasteiger partial charge in [-0.05, 0) is 49.6 Å². The maximum absolute atomic E-state index is 12.1. The number of hydrogen-bond donors (Lipinski definition) is 0. The molecular formula is C19H20N2O2. The van der Waals surface area contributed by atoms with Gasteiger partial charge in [0.05, 0.1) is 11.9 Å². The van der Waals surface area contributed by atoms with Gasteiger partial charge in [-0.2, -0.15) is 0 Å². The zero-order valence-electron chi connectivity index (χ0n) is 13.0. The number of ether oxygens (including phenoxy) is 1. The van der Waals surface area contributed by atoms with E-state index in [0.29, 0.717) is 5.75 Å².